The fraction of sp³-hybridized carbons (Fsp3) is 0.929. The summed E-state index contributed by atoms with van der Waals surface area (Å²) in [5.41, 5.74) is 0.404. The SMILES string of the molecule is CC1(C)CCCC(NC(=O)C2CCCNC2)C1. The van der Waals surface area contributed by atoms with E-state index in [1.54, 1.807) is 0 Å². The maximum atomic E-state index is 12.1. The molecule has 1 heterocycles. The van der Waals surface area contributed by atoms with Crippen LogP contribution in [0.25, 0.3) is 0 Å². The lowest BCUT2D eigenvalue weighted by atomic mass is 9.75. The molecule has 0 aromatic rings. The number of nitrogens with one attached hydrogen (secondary N) is 2. The van der Waals surface area contributed by atoms with E-state index in [2.05, 4.69) is 24.5 Å². The van der Waals surface area contributed by atoms with Crippen LogP contribution in [0.15, 0.2) is 0 Å². The second kappa shape index (κ2) is 5.38. The standard InChI is InChI=1S/C14H26N2O/c1-14(2)7-3-6-12(9-14)16-13(17)11-5-4-8-15-10-11/h11-12,15H,3-10H2,1-2H3,(H,16,17). The summed E-state index contributed by atoms with van der Waals surface area (Å²) < 4.78 is 0. The molecule has 1 saturated carbocycles. The summed E-state index contributed by atoms with van der Waals surface area (Å²) in [7, 11) is 0. The van der Waals surface area contributed by atoms with Gasteiger partial charge in [0.05, 0.1) is 5.92 Å². The van der Waals surface area contributed by atoms with Crippen LogP contribution in [0.5, 0.6) is 0 Å². The Morgan fingerprint density at radius 3 is 2.76 bits per heavy atom. The van der Waals surface area contributed by atoms with Gasteiger partial charge in [-0.3, -0.25) is 4.79 Å². The number of hydrogen-bond acceptors (Lipinski definition) is 2. The summed E-state index contributed by atoms with van der Waals surface area (Å²) in [5.74, 6) is 0.480. The third kappa shape index (κ3) is 3.70. The first-order chi connectivity index (χ1) is 8.07. The molecule has 3 heteroatoms. The molecule has 0 aromatic carbocycles. The Morgan fingerprint density at radius 1 is 1.29 bits per heavy atom. The van der Waals surface area contributed by atoms with Crippen molar-refractivity contribution in [3.05, 3.63) is 0 Å². The van der Waals surface area contributed by atoms with Crippen molar-refractivity contribution in [1.29, 1.82) is 0 Å². The quantitative estimate of drug-likeness (QED) is 0.773. The highest BCUT2D eigenvalue weighted by molar-refractivity contribution is 5.79. The number of carbonyl (C=O) groups is 1. The van der Waals surface area contributed by atoms with E-state index in [4.69, 9.17) is 0 Å². The maximum Gasteiger partial charge on any atom is 0.224 e. The van der Waals surface area contributed by atoms with Gasteiger partial charge in [0.2, 0.25) is 5.91 Å². The van der Waals surface area contributed by atoms with Gasteiger partial charge < -0.3 is 10.6 Å². The van der Waals surface area contributed by atoms with Crippen LogP contribution in [0, 0.1) is 11.3 Å². The molecule has 1 amide bonds. The van der Waals surface area contributed by atoms with Crippen LogP contribution in [-0.2, 0) is 4.79 Å². The first-order valence-electron chi connectivity index (χ1n) is 7.08. The van der Waals surface area contributed by atoms with Crippen molar-refractivity contribution in [3.63, 3.8) is 0 Å². The third-order valence-electron chi connectivity index (χ3n) is 4.22. The van der Waals surface area contributed by atoms with Crippen LogP contribution in [0.2, 0.25) is 0 Å². The van der Waals surface area contributed by atoms with Crippen molar-refractivity contribution < 1.29 is 4.79 Å². The Hall–Kier alpha value is -0.570. The van der Waals surface area contributed by atoms with Crippen molar-refractivity contribution in [2.75, 3.05) is 13.1 Å². The van der Waals surface area contributed by atoms with Gasteiger partial charge in [-0.2, -0.15) is 0 Å². The molecule has 2 atom stereocenters. The molecule has 1 aliphatic carbocycles. The number of piperidine rings is 1. The molecule has 0 radical (unpaired) electrons. The summed E-state index contributed by atoms with van der Waals surface area (Å²) in [6.07, 6.45) is 7.03. The number of rotatable bonds is 2. The van der Waals surface area contributed by atoms with Gasteiger partial charge in [0.15, 0.2) is 0 Å². The zero-order chi connectivity index (χ0) is 12.3. The number of carbonyl (C=O) groups excluding carboxylic acids is 1. The number of amides is 1. The Balaban J connectivity index is 1.81. The van der Waals surface area contributed by atoms with Gasteiger partial charge >= 0.3 is 0 Å². The molecule has 2 unspecified atom stereocenters. The van der Waals surface area contributed by atoms with Crippen molar-refractivity contribution in [1.82, 2.24) is 10.6 Å². The molecular formula is C14H26N2O. The third-order valence-corrected chi connectivity index (χ3v) is 4.22. The lowest BCUT2D eigenvalue weighted by Gasteiger charge is -2.36. The smallest absolute Gasteiger partial charge is 0.224 e. The molecule has 2 aliphatic rings. The van der Waals surface area contributed by atoms with Crippen molar-refractivity contribution >= 4 is 5.91 Å². The zero-order valence-electron chi connectivity index (χ0n) is 11.2. The molecule has 2 fully saturated rings. The molecule has 1 aliphatic heterocycles. The van der Waals surface area contributed by atoms with Gasteiger partial charge in [-0.1, -0.05) is 20.3 Å². The lowest BCUT2D eigenvalue weighted by molar-refractivity contribution is -0.126. The second-order valence-electron chi connectivity index (χ2n) is 6.51. The Morgan fingerprint density at radius 2 is 2.12 bits per heavy atom. The van der Waals surface area contributed by atoms with Gasteiger partial charge in [0.25, 0.3) is 0 Å². The minimum Gasteiger partial charge on any atom is -0.353 e. The fourth-order valence-electron chi connectivity index (χ4n) is 3.22. The first-order valence-corrected chi connectivity index (χ1v) is 7.08. The van der Waals surface area contributed by atoms with E-state index >= 15 is 0 Å². The molecular weight excluding hydrogens is 212 g/mol. The van der Waals surface area contributed by atoms with Crippen LogP contribution in [0.3, 0.4) is 0 Å². The fourth-order valence-corrected chi connectivity index (χ4v) is 3.22. The average Bonchev–Trinajstić information content (AvgIpc) is 2.29. The Labute approximate surface area is 105 Å². The minimum atomic E-state index is 0.203. The highest BCUT2D eigenvalue weighted by Crippen LogP contribution is 2.35. The molecule has 0 aromatic heterocycles. The van der Waals surface area contributed by atoms with E-state index < -0.39 is 0 Å². The van der Waals surface area contributed by atoms with E-state index in [0.717, 1.165) is 38.8 Å². The van der Waals surface area contributed by atoms with E-state index in [9.17, 15) is 4.79 Å². The molecule has 3 nitrogen and oxygen atoms in total. The molecule has 1 saturated heterocycles. The molecule has 17 heavy (non-hydrogen) atoms. The summed E-state index contributed by atoms with van der Waals surface area (Å²) >= 11 is 0. The van der Waals surface area contributed by atoms with Crippen LogP contribution >= 0.6 is 0 Å². The topological polar surface area (TPSA) is 41.1 Å². The second-order valence-corrected chi connectivity index (χ2v) is 6.51. The first kappa shape index (κ1) is 12.9. The highest BCUT2D eigenvalue weighted by Gasteiger charge is 2.30. The van der Waals surface area contributed by atoms with Gasteiger partial charge in [-0.25, -0.2) is 0 Å². The molecule has 0 spiro atoms. The van der Waals surface area contributed by atoms with Crippen LogP contribution < -0.4 is 10.6 Å². The van der Waals surface area contributed by atoms with Crippen molar-refractivity contribution in [3.8, 4) is 0 Å². The van der Waals surface area contributed by atoms with Gasteiger partial charge in [0, 0.05) is 12.6 Å². The average molecular weight is 238 g/mol. The summed E-state index contributed by atoms with van der Waals surface area (Å²) in [5, 5.41) is 6.57. The monoisotopic (exact) mass is 238 g/mol. The van der Waals surface area contributed by atoms with Crippen LogP contribution in [0.1, 0.15) is 52.4 Å². The van der Waals surface area contributed by atoms with E-state index in [1.807, 2.05) is 0 Å². The van der Waals surface area contributed by atoms with Crippen LogP contribution in [0.4, 0.5) is 0 Å². The predicted molar refractivity (Wildman–Crippen MR) is 69.8 cm³/mol. The largest absolute Gasteiger partial charge is 0.353 e. The van der Waals surface area contributed by atoms with E-state index in [-0.39, 0.29) is 11.8 Å². The Bertz CT molecular complexity index is 269. The van der Waals surface area contributed by atoms with Gasteiger partial charge in [-0.05, 0) is 44.1 Å². The molecule has 2 rings (SSSR count). The minimum absolute atomic E-state index is 0.203. The van der Waals surface area contributed by atoms with E-state index in [1.165, 1.54) is 12.8 Å². The summed E-state index contributed by atoms with van der Waals surface area (Å²) in [6.45, 7) is 6.56. The lowest BCUT2D eigenvalue weighted by Crippen LogP contribution is -2.46. The predicted octanol–water partition coefficient (Wildman–Crippen LogP) is 2.07. The molecule has 2 N–H and O–H groups in total. The van der Waals surface area contributed by atoms with Gasteiger partial charge in [-0.15, -0.1) is 0 Å². The van der Waals surface area contributed by atoms with Crippen LogP contribution in [-0.4, -0.2) is 25.0 Å². The maximum absolute atomic E-state index is 12.1. The molecule has 98 valence electrons. The zero-order valence-corrected chi connectivity index (χ0v) is 11.2. The van der Waals surface area contributed by atoms with Crippen molar-refractivity contribution in [2.24, 2.45) is 11.3 Å². The van der Waals surface area contributed by atoms with Crippen molar-refractivity contribution in [2.45, 2.75) is 58.4 Å². The number of hydrogen-bond donors (Lipinski definition) is 2. The van der Waals surface area contributed by atoms with E-state index in [0.29, 0.717) is 11.5 Å². The molecule has 0 bridgehead atoms. The Kier molecular flexibility index (Phi) is 4.08. The summed E-state index contributed by atoms with van der Waals surface area (Å²) in [4.78, 5) is 12.1. The van der Waals surface area contributed by atoms with Gasteiger partial charge in [0.1, 0.15) is 0 Å². The summed E-state index contributed by atoms with van der Waals surface area (Å²) in [6, 6.07) is 0.410. The normalized spacial score (nSPS) is 33.1. The highest BCUT2D eigenvalue weighted by atomic mass is 16.2.